The Bertz CT molecular complexity index is 357. The van der Waals surface area contributed by atoms with Gasteiger partial charge in [-0.3, -0.25) is 9.58 Å². The molecule has 1 aromatic heterocycles. The van der Waals surface area contributed by atoms with Crippen molar-refractivity contribution in [3.8, 4) is 0 Å². The molecule has 1 saturated heterocycles. The van der Waals surface area contributed by atoms with E-state index in [0.717, 1.165) is 18.4 Å². The summed E-state index contributed by atoms with van der Waals surface area (Å²) in [5, 5.41) is 7.64. The van der Waals surface area contributed by atoms with Crippen molar-refractivity contribution in [1.82, 2.24) is 25.0 Å². The molecule has 0 spiro atoms. The van der Waals surface area contributed by atoms with Crippen molar-refractivity contribution < 1.29 is 0 Å². The zero-order chi connectivity index (χ0) is 11.0. The smallest absolute Gasteiger partial charge is 0.140 e. The van der Waals surface area contributed by atoms with E-state index in [0.29, 0.717) is 6.04 Å². The van der Waals surface area contributed by atoms with Crippen LogP contribution < -0.4 is 5.32 Å². The first-order chi connectivity index (χ1) is 7.83. The third kappa shape index (κ3) is 2.10. The van der Waals surface area contributed by atoms with Crippen LogP contribution in [-0.2, 0) is 13.6 Å². The number of aromatic nitrogens is 3. The fourth-order valence-electron chi connectivity index (χ4n) is 2.44. The fourth-order valence-corrected chi connectivity index (χ4v) is 2.44. The Labute approximate surface area is 95.8 Å². The van der Waals surface area contributed by atoms with Crippen molar-refractivity contribution in [1.29, 1.82) is 0 Å². The van der Waals surface area contributed by atoms with Gasteiger partial charge in [-0.1, -0.05) is 0 Å². The summed E-state index contributed by atoms with van der Waals surface area (Å²) in [6.45, 7) is 3.31. The molecule has 3 rings (SSSR count). The standard InChI is InChI=1S/C11H19N5/c1-15-11(13-8-14-15)6-12-9-4-5-16(7-9)10-2-3-10/h8-10,12H,2-7H2,1H3. The van der Waals surface area contributed by atoms with Crippen LogP contribution in [0.25, 0.3) is 0 Å². The average molecular weight is 221 g/mol. The number of rotatable bonds is 4. The van der Waals surface area contributed by atoms with Gasteiger partial charge in [0.25, 0.3) is 0 Å². The Morgan fingerprint density at radius 2 is 2.31 bits per heavy atom. The Balaban J connectivity index is 1.47. The Kier molecular flexibility index (Phi) is 2.65. The summed E-state index contributed by atoms with van der Waals surface area (Å²) in [7, 11) is 1.94. The van der Waals surface area contributed by atoms with E-state index in [9.17, 15) is 0 Å². The molecule has 2 fully saturated rings. The highest BCUT2D eigenvalue weighted by Gasteiger charge is 2.34. The van der Waals surface area contributed by atoms with Gasteiger partial charge in [0.2, 0.25) is 0 Å². The minimum atomic E-state index is 0.636. The summed E-state index contributed by atoms with van der Waals surface area (Å²) in [6.07, 6.45) is 5.71. The van der Waals surface area contributed by atoms with Gasteiger partial charge in [-0.2, -0.15) is 5.10 Å². The van der Waals surface area contributed by atoms with E-state index < -0.39 is 0 Å². The molecule has 1 aliphatic heterocycles. The minimum absolute atomic E-state index is 0.636. The molecule has 5 nitrogen and oxygen atoms in total. The van der Waals surface area contributed by atoms with Crippen LogP contribution in [0.5, 0.6) is 0 Å². The molecule has 1 aromatic rings. The Hall–Kier alpha value is -0.940. The molecule has 1 N–H and O–H groups in total. The molecule has 0 bridgehead atoms. The molecule has 0 radical (unpaired) electrons. The molecule has 2 heterocycles. The van der Waals surface area contributed by atoms with Gasteiger partial charge in [0.15, 0.2) is 0 Å². The molecule has 1 atom stereocenters. The van der Waals surface area contributed by atoms with Gasteiger partial charge in [0.05, 0.1) is 6.54 Å². The van der Waals surface area contributed by atoms with Crippen LogP contribution >= 0.6 is 0 Å². The highest BCUT2D eigenvalue weighted by molar-refractivity contribution is 4.93. The highest BCUT2D eigenvalue weighted by Crippen LogP contribution is 2.29. The predicted molar refractivity (Wildman–Crippen MR) is 60.8 cm³/mol. The van der Waals surface area contributed by atoms with Crippen LogP contribution in [0.4, 0.5) is 0 Å². The second-order valence-corrected chi connectivity index (χ2v) is 4.89. The SMILES string of the molecule is Cn1ncnc1CNC1CCN(C2CC2)C1. The van der Waals surface area contributed by atoms with E-state index in [1.54, 1.807) is 6.33 Å². The van der Waals surface area contributed by atoms with Crippen LogP contribution in [-0.4, -0.2) is 44.8 Å². The van der Waals surface area contributed by atoms with Crippen molar-refractivity contribution >= 4 is 0 Å². The molecule has 16 heavy (non-hydrogen) atoms. The van der Waals surface area contributed by atoms with Gasteiger partial charge in [-0.15, -0.1) is 0 Å². The first-order valence-corrected chi connectivity index (χ1v) is 6.13. The number of hydrogen-bond acceptors (Lipinski definition) is 4. The molecule has 5 heteroatoms. The van der Waals surface area contributed by atoms with Gasteiger partial charge in [0.1, 0.15) is 12.2 Å². The lowest BCUT2D eigenvalue weighted by Crippen LogP contribution is -2.33. The van der Waals surface area contributed by atoms with Crippen LogP contribution in [0.1, 0.15) is 25.1 Å². The first kappa shape index (κ1) is 10.2. The van der Waals surface area contributed by atoms with Gasteiger partial charge >= 0.3 is 0 Å². The van der Waals surface area contributed by atoms with E-state index in [2.05, 4.69) is 20.3 Å². The average Bonchev–Trinajstić information content (AvgIpc) is 2.89. The zero-order valence-electron chi connectivity index (χ0n) is 9.76. The van der Waals surface area contributed by atoms with E-state index in [1.807, 2.05) is 11.7 Å². The quantitative estimate of drug-likeness (QED) is 0.785. The number of nitrogens with zero attached hydrogens (tertiary/aromatic N) is 4. The van der Waals surface area contributed by atoms with Crippen molar-refractivity contribution in [3.63, 3.8) is 0 Å². The van der Waals surface area contributed by atoms with E-state index in [-0.39, 0.29) is 0 Å². The number of aryl methyl sites for hydroxylation is 1. The van der Waals surface area contributed by atoms with Crippen LogP contribution in [0.15, 0.2) is 6.33 Å². The number of likely N-dealkylation sites (tertiary alicyclic amines) is 1. The predicted octanol–water partition coefficient (Wildman–Crippen LogP) is 0.141. The van der Waals surface area contributed by atoms with Gasteiger partial charge in [-0.25, -0.2) is 4.98 Å². The van der Waals surface area contributed by atoms with Crippen molar-refractivity contribution in [2.45, 2.75) is 37.9 Å². The maximum atomic E-state index is 4.22. The molecule has 88 valence electrons. The minimum Gasteiger partial charge on any atom is -0.306 e. The molecule has 1 aliphatic carbocycles. The lowest BCUT2D eigenvalue weighted by molar-refractivity contribution is 0.317. The third-order valence-corrected chi connectivity index (χ3v) is 3.64. The third-order valence-electron chi connectivity index (χ3n) is 3.64. The lowest BCUT2D eigenvalue weighted by atomic mass is 10.2. The zero-order valence-corrected chi connectivity index (χ0v) is 9.76. The summed E-state index contributed by atoms with van der Waals surface area (Å²) in [6, 6.07) is 1.54. The van der Waals surface area contributed by atoms with Gasteiger partial charge in [0, 0.05) is 32.2 Å². The normalized spacial score (nSPS) is 26.4. The molecular weight excluding hydrogens is 202 g/mol. The van der Waals surface area contributed by atoms with Crippen LogP contribution in [0, 0.1) is 0 Å². The topological polar surface area (TPSA) is 46.0 Å². The monoisotopic (exact) mass is 221 g/mol. The van der Waals surface area contributed by atoms with Gasteiger partial charge in [-0.05, 0) is 19.3 Å². The van der Waals surface area contributed by atoms with Crippen LogP contribution in [0.2, 0.25) is 0 Å². The Morgan fingerprint density at radius 3 is 3.00 bits per heavy atom. The Morgan fingerprint density at radius 1 is 1.44 bits per heavy atom. The van der Waals surface area contributed by atoms with E-state index in [1.165, 1.54) is 32.4 Å². The summed E-state index contributed by atoms with van der Waals surface area (Å²) < 4.78 is 1.83. The van der Waals surface area contributed by atoms with Crippen molar-refractivity contribution in [2.75, 3.05) is 13.1 Å². The number of hydrogen-bond donors (Lipinski definition) is 1. The maximum absolute atomic E-state index is 4.22. The molecule has 0 amide bonds. The second kappa shape index (κ2) is 4.14. The summed E-state index contributed by atoms with van der Waals surface area (Å²) in [5.74, 6) is 1.02. The summed E-state index contributed by atoms with van der Waals surface area (Å²) in [4.78, 5) is 6.84. The molecule has 0 aromatic carbocycles. The molecular formula is C11H19N5. The maximum Gasteiger partial charge on any atom is 0.140 e. The fraction of sp³-hybridized carbons (Fsp3) is 0.818. The van der Waals surface area contributed by atoms with Crippen LogP contribution in [0.3, 0.4) is 0 Å². The molecule has 2 aliphatic rings. The summed E-state index contributed by atoms with van der Waals surface area (Å²) in [5.41, 5.74) is 0. The summed E-state index contributed by atoms with van der Waals surface area (Å²) >= 11 is 0. The van der Waals surface area contributed by atoms with E-state index in [4.69, 9.17) is 0 Å². The lowest BCUT2D eigenvalue weighted by Gasteiger charge is -2.15. The van der Waals surface area contributed by atoms with Crippen molar-refractivity contribution in [2.24, 2.45) is 7.05 Å². The van der Waals surface area contributed by atoms with E-state index >= 15 is 0 Å². The molecule has 1 saturated carbocycles. The largest absolute Gasteiger partial charge is 0.306 e. The molecule has 1 unspecified atom stereocenters. The second-order valence-electron chi connectivity index (χ2n) is 4.89. The van der Waals surface area contributed by atoms with Crippen molar-refractivity contribution in [3.05, 3.63) is 12.2 Å². The number of nitrogens with one attached hydrogen (secondary N) is 1. The van der Waals surface area contributed by atoms with Gasteiger partial charge < -0.3 is 5.32 Å². The first-order valence-electron chi connectivity index (χ1n) is 6.13. The highest BCUT2D eigenvalue weighted by atomic mass is 15.3.